The van der Waals surface area contributed by atoms with Gasteiger partial charge in [-0.25, -0.2) is 14.8 Å². The second-order valence-corrected chi connectivity index (χ2v) is 6.78. The van der Waals surface area contributed by atoms with Crippen LogP contribution in [0, 0.1) is 0 Å². The molecule has 2 N–H and O–H groups in total. The van der Waals surface area contributed by atoms with Gasteiger partial charge in [-0.2, -0.15) is 0 Å². The van der Waals surface area contributed by atoms with E-state index < -0.39 is 5.97 Å². The van der Waals surface area contributed by atoms with Gasteiger partial charge in [0, 0.05) is 4.88 Å². The van der Waals surface area contributed by atoms with Crippen LogP contribution < -0.4 is 5.73 Å². The average Bonchev–Trinajstić information content (AvgIpc) is 2.99. The van der Waals surface area contributed by atoms with E-state index in [1.54, 1.807) is 11.3 Å². The fraction of sp³-hybridized carbons (Fsp3) is 0.438. The molecule has 0 spiro atoms. The minimum Gasteiger partial charge on any atom is -0.493 e. The third-order valence-electron chi connectivity index (χ3n) is 4.07. The molecule has 0 aromatic carbocycles. The first-order valence-corrected chi connectivity index (χ1v) is 8.72. The highest BCUT2D eigenvalue weighted by Gasteiger charge is 2.21. The summed E-state index contributed by atoms with van der Waals surface area (Å²) in [6.45, 7) is 0.704. The molecule has 0 fully saturated rings. The molecule has 0 bridgehead atoms. The molecule has 4 rings (SSSR count). The van der Waals surface area contributed by atoms with E-state index in [0.29, 0.717) is 24.9 Å². The smallest absolute Gasteiger partial charge is 0.377 e. The van der Waals surface area contributed by atoms with Gasteiger partial charge in [-0.3, -0.25) is 0 Å². The first kappa shape index (κ1) is 15.2. The Bertz CT molecular complexity index is 830. The Labute approximate surface area is 142 Å². The van der Waals surface area contributed by atoms with Crippen LogP contribution in [0.2, 0.25) is 0 Å². The van der Waals surface area contributed by atoms with Crippen molar-refractivity contribution >= 4 is 33.3 Å². The van der Waals surface area contributed by atoms with Crippen LogP contribution in [0.5, 0.6) is 0 Å². The van der Waals surface area contributed by atoms with Gasteiger partial charge < -0.3 is 19.9 Å². The largest absolute Gasteiger partial charge is 0.493 e. The van der Waals surface area contributed by atoms with Crippen molar-refractivity contribution in [3.05, 3.63) is 28.3 Å². The van der Waals surface area contributed by atoms with Crippen molar-refractivity contribution < 1.29 is 19.0 Å². The fourth-order valence-corrected chi connectivity index (χ4v) is 4.26. The molecule has 2 aromatic heterocycles. The van der Waals surface area contributed by atoms with E-state index in [2.05, 4.69) is 9.97 Å². The number of aryl methyl sites for hydroxylation is 2. The number of thiophene rings is 1. The molecule has 2 aliphatic rings. The molecule has 0 amide bonds. The SMILES string of the molecule is Nc1nc(COC(=O)C2=COCCO2)nc2sc3c(c12)CCCC3. The van der Waals surface area contributed by atoms with Crippen molar-refractivity contribution in [2.45, 2.75) is 32.3 Å². The Balaban J connectivity index is 1.54. The van der Waals surface area contributed by atoms with Crippen LogP contribution in [0.25, 0.3) is 10.2 Å². The zero-order valence-electron chi connectivity index (χ0n) is 13.0. The number of fused-ring (bicyclic) bond motifs is 3. The van der Waals surface area contributed by atoms with E-state index in [4.69, 9.17) is 19.9 Å². The molecule has 0 atom stereocenters. The standard InChI is InChI=1S/C16H17N3O4S/c17-14-13-9-3-1-2-4-11(9)24-15(13)19-12(18-14)8-23-16(20)10-7-21-5-6-22-10/h7H,1-6,8H2,(H2,17,18,19). The van der Waals surface area contributed by atoms with Crippen molar-refractivity contribution in [2.24, 2.45) is 0 Å². The lowest BCUT2D eigenvalue weighted by atomic mass is 9.97. The maximum Gasteiger partial charge on any atom is 0.377 e. The maximum atomic E-state index is 11.9. The van der Waals surface area contributed by atoms with Crippen molar-refractivity contribution in [1.29, 1.82) is 0 Å². The van der Waals surface area contributed by atoms with Gasteiger partial charge in [0.1, 0.15) is 30.1 Å². The predicted molar refractivity (Wildman–Crippen MR) is 88.3 cm³/mol. The number of nitrogens with zero attached hydrogens (tertiary/aromatic N) is 2. The van der Waals surface area contributed by atoms with Crippen molar-refractivity contribution in [2.75, 3.05) is 18.9 Å². The van der Waals surface area contributed by atoms with Crippen LogP contribution in [-0.2, 0) is 38.5 Å². The number of carbonyl (C=O) groups excluding carboxylic acids is 1. The number of hydrogen-bond donors (Lipinski definition) is 1. The third-order valence-corrected chi connectivity index (χ3v) is 5.26. The van der Waals surface area contributed by atoms with Gasteiger partial charge in [-0.15, -0.1) is 11.3 Å². The van der Waals surface area contributed by atoms with E-state index in [1.807, 2.05) is 0 Å². The molecule has 0 saturated carbocycles. The Morgan fingerprint density at radius 1 is 1.29 bits per heavy atom. The lowest BCUT2D eigenvalue weighted by molar-refractivity contribution is -0.146. The summed E-state index contributed by atoms with van der Waals surface area (Å²) in [5.74, 6) is 0.315. The van der Waals surface area contributed by atoms with E-state index in [-0.39, 0.29) is 12.4 Å². The minimum atomic E-state index is -0.595. The number of anilines is 1. The summed E-state index contributed by atoms with van der Waals surface area (Å²) in [5.41, 5.74) is 7.43. The van der Waals surface area contributed by atoms with Crippen molar-refractivity contribution in [3.63, 3.8) is 0 Å². The summed E-state index contributed by atoms with van der Waals surface area (Å²) in [6.07, 6.45) is 5.75. The maximum absolute atomic E-state index is 11.9. The molecule has 7 nitrogen and oxygen atoms in total. The second-order valence-electron chi connectivity index (χ2n) is 5.69. The topological polar surface area (TPSA) is 96.6 Å². The zero-order chi connectivity index (χ0) is 16.5. The van der Waals surface area contributed by atoms with Gasteiger partial charge in [0.2, 0.25) is 5.76 Å². The van der Waals surface area contributed by atoms with Crippen LogP contribution in [0.4, 0.5) is 5.82 Å². The number of aromatic nitrogens is 2. The van der Waals surface area contributed by atoms with Crippen LogP contribution >= 0.6 is 11.3 Å². The average molecular weight is 347 g/mol. The minimum absolute atomic E-state index is 0.0533. The Morgan fingerprint density at radius 2 is 2.17 bits per heavy atom. The Kier molecular flexibility index (Phi) is 3.97. The molecule has 1 aliphatic heterocycles. The summed E-state index contributed by atoms with van der Waals surface area (Å²) < 4.78 is 15.4. The number of ether oxygens (including phenoxy) is 3. The van der Waals surface area contributed by atoms with Gasteiger partial charge in [0.15, 0.2) is 12.4 Å². The van der Waals surface area contributed by atoms with Crippen LogP contribution in [0.1, 0.15) is 29.1 Å². The number of nitrogen functional groups attached to an aromatic ring is 1. The molecule has 24 heavy (non-hydrogen) atoms. The summed E-state index contributed by atoms with van der Waals surface area (Å²) in [4.78, 5) is 22.9. The zero-order valence-corrected chi connectivity index (χ0v) is 13.9. The van der Waals surface area contributed by atoms with Gasteiger partial charge >= 0.3 is 5.97 Å². The normalized spacial score (nSPS) is 16.8. The number of rotatable bonds is 3. The number of hydrogen-bond acceptors (Lipinski definition) is 8. The highest BCUT2D eigenvalue weighted by molar-refractivity contribution is 7.19. The molecule has 0 saturated heterocycles. The van der Waals surface area contributed by atoms with Gasteiger partial charge in [0.25, 0.3) is 0 Å². The summed E-state index contributed by atoms with van der Waals surface area (Å²) >= 11 is 1.66. The molecule has 0 radical (unpaired) electrons. The summed E-state index contributed by atoms with van der Waals surface area (Å²) in [5, 5.41) is 0.969. The number of nitrogens with two attached hydrogens (primary N) is 1. The van der Waals surface area contributed by atoms with E-state index in [9.17, 15) is 4.79 Å². The predicted octanol–water partition coefficient (Wildman–Crippen LogP) is 2.08. The van der Waals surface area contributed by atoms with E-state index in [1.165, 1.54) is 29.5 Å². The molecular weight excluding hydrogens is 330 g/mol. The monoisotopic (exact) mass is 347 g/mol. The number of carbonyl (C=O) groups is 1. The Morgan fingerprint density at radius 3 is 3.00 bits per heavy atom. The molecule has 2 aromatic rings. The molecule has 1 aliphatic carbocycles. The van der Waals surface area contributed by atoms with Gasteiger partial charge in [0.05, 0.1) is 5.39 Å². The van der Waals surface area contributed by atoms with Crippen molar-refractivity contribution in [3.8, 4) is 0 Å². The van der Waals surface area contributed by atoms with Crippen LogP contribution in [0.3, 0.4) is 0 Å². The molecule has 126 valence electrons. The molecule has 0 unspecified atom stereocenters. The second kappa shape index (κ2) is 6.27. The van der Waals surface area contributed by atoms with Crippen LogP contribution in [0.15, 0.2) is 12.0 Å². The van der Waals surface area contributed by atoms with Crippen molar-refractivity contribution in [1.82, 2.24) is 9.97 Å². The van der Waals surface area contributed by atoms with E-state index in [0.717, 1.165) is 23.1 Å². The third kappa shape index (κ3) is 2.77. The first-order valence-electron chi connectivity index (χ1n) is 7.90. The van der Waals surface area contributed by atoms with E-state index >= 15 is 0 Å². The highest BCUT2D eigenvalue weighted by Crippen LogP contribution is 2.37. The molecule has 3 heterocycles. The summed E-state index contributed by atoms with van der Waals surface area (Å²) in [6, 6.07) is 0. The highest BCUT2D eigenvalue weighted by atomic mass is 32.1. The summed E-state index contributed by atoms with van der Waals surface area (Å²) in [7, 11) is 0. The molecular formula is C16H17N3O4S. The fourth-order valence-electron chi connectivity index (χ4n) is 2.97. The lowest BCUT2D eigenvalue weighted by Gasteiger charge is -2.14. The quantitative estimate of drug-likeness (QED) is 0.849. The van der Waals surface area contributed by atoms with Crippen LogP contribution in [-0.4, -0.2) is 29.2 Å². The molecule has 8 heteroatoms. The van der Waals surface area contributed by atoms with Gasteiger partial charge in [-0.1, -0.05) is 0 Å². The lowest BCUT2D eigenvalue weighted by Crippen LogP contribution is -2.17. The van der Waals surface area contributed by atoms with Gasteiger partial charge in [-0.05, 0) is 31.2 Å². The number of esters is 1. The Hall–Kier alpha value is -2.35. The first-order chi connectivity index (χ1) is 11.7.